The Hall–Kier alpha value is -2.60. The molecule has 1 aliphatic carbocycles. The number of nitrogens with zero attached hydrogens (tertiary/aromatic N) is 1. The van der Waals surface area contributed by atoms with Gasteiger partial charge in [-0.25, -0.2) is 22.0 Å². The number of rotatable bonds is 7. The molecule has 0 unspecified atom stereocenters. The largest absolute Gasteiger partial charge is 0.471 e. The van der Waals surface area contributed by atoms with Crippen LogP contribution in [0, 0.1) is 11.6 Å². The molecular formula is C17H16F2N2O6S2. The Morgan fingerprint density at radius 2 is 2.00 bits per heavy atom. The Kier molecular flexibility index (Phi) is 5.85. The van der Waals surface area contributed by atoms with E-state index in [9.17, 15) is 26.8 Å². The molecule has 1 aromatic heterocycles. The molecule has 1 heterocycles. The molecule has 0 saturated heterocycles. The smallest absolute Gasteiger partial charge is 0.345 e. The van der Waals surface area contributed by atoms with Crippen molar-refractivity contribution in [1.29, 1.82) is 0 Å². The predicted molar refractivity (Wildman–Crippen MR) is 97.7 cm³/mol. The lowest BCUT2D eigenvalue weighted by Gasteiger charge is -2.11. The molecule has 0 atom stereocenters. The number of esters is 1. The third-order valence-electron chi connectivity index (χ3n) is 4.05. The zero-order valence-electron chi connectivity index (χ0n) is 15.3. The van der Waals surface area contributed by atoms with Gasteiger partial charge in [-0.1, -0.05) is 0 Å². The zero-order chi connectivity index (χ0) is 21.3. The van der Waals surface area contributed by atoms with E-state index in [0.29, 0.717) is 11.5 Å². The minimum Gasteiger partial charge on any atom is -0.471 e. The van der Waals surface area contributed by atoms with Crippen molar-refractivity contribution in [3.05, 3.63) is 40.5 Å². The van der Waals surface area contributed by atoms with Gasteiger partial charge in [0.15, 0.2) is 19.6 Å². The first kappa shape index (κ1) is 21.1. The second-order valence-electron chi connectivity index (χ2n) is 6.34. The number of methoxy groups -OCH3 is 1. The average Bonchev–Trinajstić information content (AvgIpc) is 3.35. The standard InChI is InChI=1S/C17H16F2N2O6S2/c1-26-16(23)12-15(21-28-17(12)29(2,24)25)27-7-10-11(18)6-5-9(13(10)19)14(22)20-8-3-4-8/h5-6,8H,3-4,7H2,1-2H3,(H,20,22). The van der Waals surface area contributed by atoms with Crippen LogP contribution in [-0.2, 0) is 21.2 Å². The lowest BCUT2D eigenvalue weighted by molar-refractivity contribution is 0.0591. The van der Waals surface area contributed by atoms with Gasteiger partial charge in [0.05, 0.1) is 18.2 Å². The lowest BCUT2D eigenvalue weighted by atomic mass is 10.1. The number of ether oxygens (including phenoxy) is 2. The van der Waals surface area contributed by atoms with E-state index in [1.807, 2.05) is 0 Å². The maximum Gasteiger partial charge on any atom is 0.345 e. The van der Waals surface area contributed by atoms with Gasteiger partial charge >= 0.3 is 5.97 Å². The quantitative estimate of drug-likeness (QED) is 0.648. The van der Waals surface area contributed by atoms with E-state index in [1.165, 1.54) is 0 Å². The summed E-state index contributed by atoms with van der Waals surface area (Å²) in [6.45, 7) is -0.723. The molecule has 1 N–H and O–H groups in total. The molecule has 1 fully saturated rings. The molecule has 0 aliphatic heterocycles. The first-order valence-electron chi connectivity index (χ1n) is 8.32. The van der Waals surface area contributed by atoms with Crippen LogP contribution in [0.2, 0.25) is 0 Å². The number of amides is 1. The maximum atomic E-state index is 14.7. The van der Waals surface area contributed by atoms with Crippen LogP contribution in [0.3, 0.4) is 0 Å². The van der Waals surface area contributed by atoms with Crippen molar-refractivity contribution in [2.45, 2.75) is 29.7 Å². The number of aromatic nitrogens is 1. The van der Waals surface area contributed by atoms with Gasteiger partial charge in [-0.15, -0.1) is 0 Å². The van der Waals surface area contributed by atoms with Gasteiger partial charge in [-0.3, -0.25) is 4.79 Å². The molecule has 3 rings (SSSR count). The SMILES string of the molecule is COC(=O)c1c(OCc2c(F)ccc(C(=O)NC3CC3)c2F)nsc1S(C)(=O)=O. The molecule has 1 saturated carbocycles. The molecule has 1 amide bonds. The normalized spacial score (nSPS) is 13.8. The molecule has 2 aromatic rings. The summed E-state index contributed by atoms with van der Waals surface area (Å²) in [6.07, 6.45) is 2.47. The molecule has 0 radical (unpaired) electrons. The number of halogens is 2. The van der Waals surface area contributed by atoms with Crippen molar-refractivity contribution in [1.82, 2.24) is 9.69 Å². The Labute approximate surface area is 168 Å². The third-order valence-corrected chi connectivity index (χ3v) is 6.69. The van der Waals surface area contributed by atoms with Crippen molar-refractivity contribution in [2.24, 2.45) is 0 Å². The van der Waals surface area contributed by atoms with Gasteiger partial charge in [-0.05, 0) is 36.5 Å². The Bertz CT molecular complexity index is 1080. The number of nitrogens with one attached hydrogen (secondary N) is 1. The van der Waals surface area contributed by atoms with E-state index in [2.05, 4.69) is 14.4 Å². The van der Waals surface area contributed by atoms with E-state index in [0.717, 1.165) is 38.3 Å². The van der Waals surface area contributed by atoms with E-state index in [-0.39, 0.29) is 11.6 Å². The lowest BCUT2D eigenvalue weighted by Crippen LogP contribution is -2.27. The van der Waals surface area contributed by atoms with Crippen molar-refractivity contribution >= 4 is 33.2 Å². The number of carbonyl (C=O) groups excluding carboxylic acids is 2. The summed E-state index contributed by atoms with van der Waals surface area (Å²) < 4.78 is 65.6. The van der Waals surface area contributed by atoms with Gasteiger partial charge in [0.2, 0.25) is 5.88 Å². The highest BCUT2D eigenvalue weighted by molar-refractivity contribution is 7.92. The van der Waals surface area contributed by atoms with Gasteiger partial charge in [0.1, 0.15) is 18.2 Å². The summed E-state index contributed by atoms with van der Waals surface area (Å²) in [5.74, 6) is -4.21. The summed E-state index contributed by atoms with van der Waals surface area (Å²) in [5, 5.41) is 2.60. The Morgan fingerprint density at radius 3 is 2.59 bits per heavy atom. The van der Waals surface area contributed by atoms with E-state index in [4.69, 9.17) is 4.74 Å². The van der Waals surface area contributed by atoms with Crippen molar-refractivity contribution in [2.75, 3.05) is 13.4 Å². The first-order chi connectivity index (χ1) is 13.6. The molecule has 0 spiro atoms. The monoisotopic (exact) mass is 446 g/mol. The summed E-state index contributed by atoms with van der Waals surface area (Å²) >= 11 is 0.477. The van der Waals surface area contributed by atoms with Crippen molar-refractivity contribution in [3.63, 3.8) is 0 Å². The highest BCUT2D eigenvalue weighted by Crippen LogP contribution is 2.31. The molecule has 8 nitrogen and oxygen atoms in total. The molecule has 1 aromatic carbocycles. The van der Waals surface area contributed by atoms with Crippen LogP contribution < -0.4 is 10.1 Å². The Morgan fingerprint density at radius 1 is 1.31 bits per heavy atom. The van der Waals surface area contributed by atoms with Crippen LogP contribution >= 0.6 is 11.5 Å². The topological polar surface area (TPSA) is 112 Å². The van der Waals surface area contributed by atoms with Crippen LogP contribution in [0.5, 0.6) is 5.88 Å². The number of sulfone groups is 1. The van der Waals surface area contributed by atoms with Crippen LogP contribution in [-0.4, -0.2) is 44.1 Å². The minimum atomic E-state index is -3.82. The van der Waals surface area contributed by atoms with Crippen LogP contribution in [0.1, 0.15) is 39.1 Å². The fourth-order valence-electron chi connectivity index (χ4n) is 2.42. The van der Waals surface area contributed by atoms with Gasteiger partial charge < -0.3 is 14.8 Å². The minimum absolute atomic E-state index is 0.0151. The molecule has 29 heavy (non-hydrogen) atoms. The molecular weight excluding hydrogens is 430 g/mol. The van der Waals surface area contributed by atoms with Gasteiger partial charge in [-0.2, -0.15) is 4.37 Å². The number of hydrogen-bond donors (Lipinski definition) is 1. The average molecular weight is 446 g/mol. The number of hydrogen-bond acceptors (Lipinski definition) is 8. The summed E-state index contributed by atoms with van der Waals surface area (Å²) in [4.78, 5) is 24.1. The predicted octanol–water partition coefficient (Wildman–Crippen LogP) is 2.08. The van der Waals surface area contributed by atoms with Crippen molar-refractivity contribution in [3.8, 4) is 5.88 Å². The van der Waals surface area contributed by atoms with Crippen LogP contribution in [0.4, 0.5) is 8.78 Å². The molecule has 156 valence electrons. The van der Waals surface area contributed by atoms with Gasteiger partial charge in [0.25, 0.3) is 5.91 Å². The van der Waals surface area contributed by atoms with Gasteiger partial charge in [0, 0.05) is 12.3 Å². The second-order valence-corrected chi connectivity index (χ2v) is 9.32. The Balaban J connectivity index is 1.89. The van der Waals surface area contributed by atoms with E-state index < -0.39 is 61.2 Å². The molecule has 1 aliphatic rings. The second kappa shape index (κ2) is 8.03. The van der Waals surface area contributed by atoms with Crippen LogP contribution in [0.15, 0.2) is 16.3 Å². The van der Waals surface area contributed by atoms with Crippen LogP contribution in [0.25, 0.3) is 0 Å². The molecule has 0 bridgehead atoms. The summed E-state index contributed by atoms with van der Waals surface area (Å²) in [7, 11) is -2.78. The van der Waals surface area contributed by atoms with Crippen molar-refractivity contribution < 1.29 is 36.3 Å². The first-order valence-corrected chi connectivity index (χ1v) is 11.0. The third kappa shape index (κ3) is 4.53. The zero-order valence-corrected chi connectivity index (χ0v) is 17.0. The fraction of sp³-hybridized carbons (Fsp3) is 0.353. The highest BCUT2D eigenvalue weighted by Gasteiger charge is 2.30. The fourth-order valence-corrected chi connectivity index (χ4v) is 4.19. The number of carbonyl (C=O) groups is 2. The highest BCUT2D eigenvalue weighted by atomic mass is 32.2. The summed E-state index contributed by atoms with van der Waals surface area (Å²) in [5.41, 5.74) is -1.36. The summed E-state index contributed by atoms with van der Waals surface area (Å²) in [6, 6.07) is 1.93. The molecule has 12 heteroatoms. The van der Waals surface area contributed by atoms with E-state index >= 15 is 0 Å². The maximum absolute atomic E-state index is 14.7. The number of benzene rings is 1. The van der Waals surface area contributed by atoms with E-state index in [1.54, 1.807) is 0 Å².